The molecule has 2 N–H and O–H groups in total. The molecule has 1 aromatic carbocycles. The summed E-state index contributed by atoms with van der Waals surface area (Å²) in [5.41, 5.74) is 8.61. The van der Waals surface area contributed by atoms with E-state index in [-0.39, 0.29) is 0 Å². The van der Waals surface area contributed by atoms with Crippen molar-refractivity contribution in [3.63, 3.8) is 0 Å². The van der Waals surface area contributed by atoms with Crippen LogP contribution in [-0.2, 0) is 6.54 Å². The molecular weight excluding hydrogens is 202 g/mol. The monoisotopic (exact) mass is 217 g/mol. The Morgan fingerprint density at radius 1 is 1.31 bits per heavy atom. The van der Waals surface area contributed by atoms with Gasteiger partial charge in [-0.05, 0) is 5.56 Å². The van der Waals surface area contributed by atoms with E-state index in [2.05, 4.69) is 4.98 Å². The predicted octanol–water partition coefficient (Wildman–Crippen LogP) is 1.87. The number of oxazole rings is 1. The zero-order valence-electron chi connectivity index (χ0n) is 9.47. The topological polar surface area (TPSA) is 55.3 Å². The van der Waals surface area contributed by atoms with E-state index in [1.54, 1.807) is 6.26 Å². The van der Waals surface area contributed by atoms with E-state index >= 15 is 0 Å². The lowest BCUT2D eigenvalue weighted by Gasteiger charge is -2.05. The summed E-state index contributed by atoms with van der Waals surface area (Å²) in [4.78, 5) is 6.22. The SMILES string of the molecule is CN(C)c1nc(-c2ccccc2CN)co1. The van der Waals surface area contributed by atoms with Crippen LogP contribution in [0.4, 0.5) is 6.01 Å². The summed E-state index contributed by atoms with van der Waals surface area (Å²) in [6, 6.07) is 8.54. The van der Waals surface area contributed by atoms with Crippen molar-refractivity contribution in [1.82, 2.24) is 4.98 Å². The van der Waals surface area contributed by atoms with Crippen molar-refractivity contribution in [2.45, 2.75) is 6.54 Å². The minimum Gasteiger partial charge on any atom is -0.431 e. The van der Waals surface area contributed by atoms with Crippen molar-refractivity contribution >= 4 is 6.01 Å². The summed E-state index contributed by atoms with van der Waals surface area (Å²) < 4.78 is 5.35. The molecule has 0 radical (unpaired) electrons. The second-order valence-electron chi connectivity index (χ2n) is 3.77. The molecule has 0 aliphatic carbocycles. The highest BCUT2D eigenvalue weighted by atomic mass is 16.4. The van der Waals surface area contributed by atoms with Crippen molar-refractivity contribution in [3.05, 3.63) is 36.1 Å². The molecule has 0 saturated carbocycles. The predicted molar refractivity (Wildman–Crippen MR) is 64.2 cm³/mol. The molecule has 0 bridgehead atoms. The number of rotatable bonds is 3. The second-order valence-corrected chi connectivity index (χ2v) is 3.77. The van der Waals surface area contributed by atoms with Gasteiger partial charge in [0.2, 0.25) is 0 Å². The highest BCUT2D eigenvalue weighted by molar-refractivity contribution is 5.63. The van der Waals surface area contributed by atoms with Gasteiger partial charge in [-0.15, -0.1) is 0 Å². The van der Waals surface area contributed by atoms with Crippen LogP contribution < -0.4 is 10.6 Å². The number of nitrogens with zero attached hydrogens (tertiary/aromatic N) is 2. The van der Waals surface area contributed by atoms with Gasteiger partial charge < -0.3 is 15.1 Å². The van der Waals surface area contributed by atoms with Gasteiger partial charge in [0.05, 0.1) is 0 Å². The van der Waals surface area contributed by atoms with E-state index in [0.29, 0.717) is 12.6 Å². The van der Waals surface area contributed by atoms with Crippen molar-refractivity contribution in [2.75, 3.05) is 19.0 Å². The fourth-order valence-electron chi connectivity index (χ4n) is 1.54. The van der Waals surface area contributed by atoms with E-state index in [9.17, 15) is 0 Å². The van der Waals surface area contributed by atoms with Crippen LogP contribution >= 0.6 is 0 Å². The molecule has 4 nitrogen and oxygen atoms in total. The maximum absolute atomic E-state index is 5.69. The lowest BCUT2D eigenvalue weighted by Crippen LogP contribution is -2.08. The van der Waals surface area contributed by atoms with Gasteiger partial charge in [0.1, 0.15) is 12.0 Å². The van der Waals surface area contributed by atoms with Gasteiger partial charge in [0.25, 0.3) is 6.01 Å². The van der Waals surface area contributed by atoms with E-state index in [1.807, 2.05) is 43.3 Å². The Kier molecular flexibility index (Phi) is 2.92. The second kappa shape index (κ2) is 4.37. The summed E-state index contributed by atoms with van der Waals surface area (Å²) >= 11 is 0. The Morgan fingerprint density at radius 3 is 2.69 bits per heavy atom. The van der Waals surface area contributed by atoms with E-state index in [1.165, 1.54) is 0 Å². The first kappa shape index (κ1) is 10.7. The van der Waals surface area contributed by atoms with E-state index in [0.717, 1.165) is 16.8 Å². The van der Waals surface area contributed by atoms with Gasteiger partial charge >= 0.3 is 0 Å². The minimum atomic E-state index is 0.500. The summed E-state index contributed by atoms with van der Waals surface area (Å²) in [5, 5.41) is 0. The molecule has 4 heteroatoms. The third kappa shape index (κ3) is 1.92. The van der Waals surface area contributed by atoms with Crippen LogP contribution in [0.3, 0.4) is 0 Å². The number of hydrogen-bond acceptors (Lipinski definition) is 4. The van der Waals surface area contributed by atoms with Gasteiger partial charge in [-0.25, -0.2) is 0 Å². The minimum absolute atomic E-state index is 0.500. The maximum Gasteiger partial charge on any atom is 0.297 e. The number of benzene rings is 1. The fraction of sp³-hybridized carbons (Fsp3) is 0.250. The van der Waals surface area contributed by atoms with Crippen molar-refractivity contribution in [3.8, 4) is 11.3 Å². The lowest BCUT2D eigenvalue weighted by molar-refractivity contribution is 0.556. The first-order chi connectivity index (χ1) is 7.72. The molecule has 2 aromatic rings. The Labute approximate surface area is 94.7 Å². The van der Waals surface area contributed by atoms with Crippen LogP contribution in [0, 0.1) is 0 Å². The zero-order valence-corrected chi connectivity index (χ0v) is 9.47. The molecule has 0 amide bonds. The maximum atomic E-state index is 5.69. The Hall–Kier alpha value is -1.81. The van der Waals surface area contributed by atoms with Crippen molar-refractivity contribution < 1.29 is 4.42 Å². The van der Waals surface area contributed by atoms with Crippen LogP contribution in [0.1, 0.15) is 5.56 Å². The summed E-state index contributed by atoms with van der Waals surface area (Å²) in [7, 11) is 3.79. The number of anilines is 1. The number of nitrogens with two attached hydrogens (primary N) is 1. The smallest absolute Gasteiger partial charge is 0.297 e. The lowest BCUT2D eigenvalue weighted by atomic mass is 10.1. The molecule has 0 atom stereocenters. The molecule has 1 aromatic heterocycles. The highest BCUT2D eigenvalue weighted by Gasteiger charge is 2.10. The Bertz CT molecular complexity index is 477. The summed E-state index contributed by atoms with van der Waals surface area (Å²) in [5.74, 6) is 0. The number of hydrogen-bond donors (Lipinski definition) is 1. The fourth-order valence-corrected chi connectivity index (χ4v) is 1.54. The highest BCUT2D eigenvalue weighted by Crippen LogP contribution is 2.24. The van der Waals surface area contributed by atoms with Gasteiger partial charge in [-0.2, -0.15) is 4.98 Å². The number of aromatic nitrogens is 1. The standard InChI is InChI=1S/C12H15N3O/c1-15(2)12-14-11(8-16-12)10-6-4-3-5-9(10)7-13/h3-6,8H,7,13H2,1-2H3. The first-order valence-corrected chi connectivity index (χ1v) is 5.13. The quantitative estimate of drug-likeness (QED) is 0.852. The van der Waals surface area contributed by atoms with E-state index in [4.69, 9.17) is 10.2 Å². The molecule has 1 heterocycles. The molecule has 0 aliphatic rings. The third-order valence-electron chi connectivity index (χ3n) is 2.39. The molecule has 0 spiro atoms. The largest absolute Gasteiger partial charge is 0.431 e. The molecule has 0 aliphatic heterocycles. The molecule has 0 saturated heterocycles. The molecule has 84 valence electrons. The molecular formula is C12H15N3O. The van der Waals surface area contributed by atoms with Gasteiger partial charge in [0.15, 0.2) is 0 Å². The summed E-state index contributed by atoms with van der Waals surface area (Å²) in [6.45, 7) is 0.500. The van der Waals surface area contributed by atoms with Crippen LogP contribution in [-0.4, -0.2) is 19.1 Å². The van der Waals surface area contributed by atoms with Crippen molar-refractivity contribution in [2.24, 2.45) is 5.73 Å². The normalized spacial score (nSPS) is 10.4. The van der Waals surface area contributed by atoms with E-state index < -0.39 is 0 Å². The Balaban J connectivity index is 2.42. The first-order valence-electron chi connectivity index (χ1n) is 5.13. The molecule has 0 unspecified atom stereocenters. The van der Waals surface area contributed by atoms with Crippen LogP contribution in [0.5, 0.6) is 0 Å². The average molecular weight is 217 g/mol. The molecule has 0 fully saturated rings. The Morgan fingerprint density at radius 2 is 2.06 bits per heavy atom. The van der Waals surface area contributed by atoms with Gasteiger partial charge in [-0.3, -0.25) is 0 Å². The van der Waals surface area contributed by atoms with Crippen LogP contribution in [0.2, 0.25) is 0 Å². The van der Waals surface area contributed by atoms with Gasteiger partial charge in [-0.1, -0.05) is 24.3 Å². The van der Waals surface area contributed by atoms with Gasteiger partial charge in [0, 0.05) is 26.2 Å². The van der Waals surface area contributed by atoms with Crippen LogP contribution in [0.15, 0.2) is 34.9 Å². The molecule has 2 rings (SSSR count). The zero-order chi connectivity index (χ0) is 11.5. The molecule has 16 heavy (non-hydrogen) atoms. The average Bonchev–Trinajstić information content (AvgIpc) is 2.78. The van der Waals surface area contributed by atoms with Crippen LogP contribution in [0.25, 0.3) is 11.3 Å². The summed E-state index contributed by atoms with van der Waals surface area (Å²) in [6.07, 6.45) is 1.66. The third-order valence-corrected chi connectivity index (χ3v) is 2.39. The van der Waals surface area contributed by atoms with Crippen molar-refractivity contribution in [1.29, 1.82) is 0 Å².